The summed E-state index contributed by atoms with van der Waals surface area (Å²) >= 11 is 0. The molecule has 6 rings (SSSR count). The third-order valence-electron chi connectivity index (χ3n) is 6.61. The number of rotatable bonds is 3. The minimum Gasteiger partial charge on any atom is -0.454 e. The average Bonchev–Trinajstić information content (AvgIpc) is 3.44. The summed E-state index contributed by atoms with van der Waals surface area (Å²) in [6, 6.07) is 12.0. The zero-order valence-electron chi connectivity index (χ0n) is 18.8. The van der Waals surface area contributed by atoms with E-state index in [1.54, 1.807) is 0 Å². The van der Waals surface area contributed by atoms with E-state index in [-0.39, 0.29) is 31.1 Å². The normalized spacial score (nSPS) is 18.7. The van der Waals surface area contributed by atoms with Crippen molar-refractivity contribution in [2.45, 2.75) is 33.2 Å². The molecular weight excluding hydrogens is 418 g/mol. The molecule has 7 nitrogen and oxygen atoms in total. The molecule has 1 aromatic heterocycles. The average molecular weight is 444 g/mol. The maximum Gasteiger partial charge on any atom is 0.259 e. The highest BCUT2D eigenvalue weighted by atomic mass is 16.7. The number of hydrogen-bond donors (Lipinski definition) is 1. The predicted octanol–water partition coefficient (Wildman–Crippen LogP) is 4.23. The number of ether oxygens (including phenoxy) is 2. The summed E-state index contributed by atoms with van der Waals surface area (Å²) in [5.41, 5.74) is 5.47. The van der Waals surface area contributed by atoms with Crippen LogP contribution in [0.2, 0.25) is 0 Å². The van der Waals surface area contributed by atoms with Crippen molar-refractivity contribution >= 4 is 28.4 Å². The quantitative estimate of drug-likeness (QED) is 0.656. The van der Waals surface area contributed by atoms with Crippen LogP contribution in [0.4, 0.5) is 5.69 Å². The summed E-state index contributed by atoms with van der Waals surface area (Å²) in [6.07, 6.45) is 2.17. The first-order valence-electron chi connectivity index (χ1n) is 11.3. The molecule has 2 amide bonds. The van der Waals surface area contributed by atoms with Crippen molar-refractivity contribution in [1.29, 1.82) is 0 Å². The zero-order chi connectivity index (χ0) is 22.9. The van der Waals surface area contributed by atoms with Crippen LogP contribution in [0.15, 0.2) is 53.9 Å². The molecular formula is C26H25N3O4. The molecule has 0 saturated heterocycles. The molecule has 1 N–H and O–H groups in total. The fourth-order valence-electron chi connectivity index (χ4n) is 5.26. The molecule has 3 aliphatic rings. The van der Waals surface area contributed by atoms with Crippen molar-refractivity contribution in [2.75, 3.05) is 18.7 Å². The Labute approximate surface area is 191 Å². The fraction of sp³-hybridized carbons (Fsp3) is 0.308. The third kappa shape index (κ3) is 2.95. The lowest BCUT2D eigenvalue weighted by atomic mass is 9.84. The van der Waals surface area contributed by atoms with Crippen LogP contribution in [0, 0.1) is 5.92 Å². The third-order valence-corrected chi connectivity index (χ3v) is 6.61. The lowest BCUT2D eigenvalue weighted by molar-refractivity contribution is -0.139. The van der Waals surface area contributed by atoms with E-state index in [2.05, 4.69) is 36.0 Å². The van der Waals surface area contributed by atoms with Crippen molar-refractivity contribution in [1.82, 2.24) is 9.47 Å². The van der Waals surface area contributed by atoms with Crippen molar-refractivity contribution in [3.8, 4) is 11.5 Å². The molecule has 4 heterocycles. The number of anilines is 1. The van der Waals surface area contributed by atoms with E-state index in [4.69, 9.17) is 9.47 Å². The van der Waals surface area contributed by atoms with Gasteiger partial charge in [-0.2, -0.15) is 0 Å². The number of hydrogen-bond acceptors (Lipinski definition) is 5. The number of nitrogens with zero attached hydrogens (tertiary/aromatic N) is 2. The largest absolute Gasteiger partial charge is 0.454 e. The maximum absolute atomic E-state index is 13.6. The van der Waals surface area contributed by atoms with Gasteiger partial charge in [0.15, 0.2) is 11.5 Å². The Morgan fingerprint density at radius 2 is 2.00 bits per heavy atom. The second kappa shape index (κ2) is 7.13. The Morgan fingerprint density at radius 3 is 2.79 bits per heavy atom. The van der Waals surface area contributed by atoms with Gasteiger partial charge in [0.1, 0.15) is 0 Å². The standard InChI is InChI=1S/C26H25N3O4/c1-14(2)10-28-11-17-23(16-7-8-21-22(9-16)33-13-32-21)25-19(12-29(15(3)30)26(25)31)27-18-5-4-6-20(28)24(17)18/h4-9,11,14,23,27H,10,12-13H2,1-3H3. The Morgan fingerprint density at radius 1 is 1.18 bits per heavy atom. The number of aromatic nitrogens is 1. The lowest BCUT2D eigenvalue weighted by Crippen LogP contribution is -2.33. The van der Waals surface area contributed by atoms with Crippen molar-refractivity contribution in [2.24, 2.45) is 5.92 Å². The van der Waals surface area contributed by atoms with Crippen LogP contribution < -0.4 is 14.8 Å². The monoisotopic (exact) mass is 443 g/mol. The molecule has 1 unspecified atom stereocenters. The van der Waals surface area contributed by atoms with Crippen LogP contribution in [0.3, 0.4) is 0 Å². The van der Waals surface area contributed by atoms with Gasteiger partial charge >= 0.3 is 0 Å². The highest BCUT2D eigenvalue weighted by Gasteiger charge is 2.42. The SMILES string of the molecule is CC(=O)N1CC2=C(C1=O)C(c1ccc3c(c1)OCO3)c1cn(CC(C)C)c3cccc(c13)N2. The second-order valence-electron chi connectivity index (χ2n) is 9.30. The van der Waals surface area contributed by atoms with Gasteiger partial charge in [0, 0.05) is 42.4 Å². The first-order chi connectivity index (χ1) is 15.9. The van der Waals surface area contributed by atoms with Crippen LogP contribution in [0.5, 0.6) is 11.5 Å². The van der Waals surface area contributed by atoms with Crippen molar-refractivity contribution < 1.29 is 19.1 Å². The molecule has 2 aromatic carbocycles. The molecule has 0 spiro atoms. The number of nitrogens with one attached hydrogen (secondary N) is 1. The zero-order valence-corrected chi connectivity index (χ0v) is 18.8. The van der Waals surface area contributed by atoms with Gasteiger partial charge in [-0.1, -0.05) is 26.0 Å². The van der Waals surface area contributed by atoms with Gasteiger partial charge in [0.25, 0.3) is 5.91 Å². The number of benzene rings is 2. The molecule has 3 aromatic rings. The highest BCUT2D eigenvalue weighted by molar-refractivity contribution is 6.11. The van der Waals surface area contributed by atoms with Crippen LogP contribution in [0.1, 0.15) is 37.8 Å². The number of carbonyl (C=O) groups excluding carboxylic acids is 2. The van der Waals surface area contributed by atoms with E-state index in [0.717, 1.165) is 40.0 Å². The fourth-order valence-corrected chi connectivity index (χ4v) is 5.26. The van der Waals surface area contributed by atoms with Crippen LogP contribution in [-0.4, -0.2) is 34.6 Å². The van der Waals surface area contributed by atoms with E-state index in [1.165, 1.54) is 11.8 Å². The maximum atomic E-state index is 13.6. The van der Waals surface area contributed by atoms with Crippen LogP contribution in [-0.2, 0) is 16.1 Å². The summed E-state index contributed by atoms with van der Waals surface area (Å²) in [5.74, 6) is 1.00. The second-order valence-corrected chi connectivity index (χ2v) is 9.30. The Balaban J connectivity index is 1.62. The molecule has 33 heavy (non-hydrogen) atoms. The van der Waals surface area contributed by atoms with Crippen molar-refractivity contribution in [3.63, 3.8) is 0 Å². The molecule has 168 valence electrons. The summed E-state index contributed by atoms with van der Waals surface area (Å²) in [7, 11) is 0. The van der Waals surface area contributed by atoms with Crippen LogP contribution >= 0.6 is 0 Å². The van der Waals surface area contributed by atoms with E-state index < -0.39 is 0 Å². The summed E-state index contributed by atoms with van der Waals surface area (Å²) < 4.78 is 13.4. The van der Waals surface area contributed by atoms with Gasteiger partial charge in [-0.25, -0.2) is 0 Å². The summed E-state index contributed by atoms with van der Waals surface area (Å²) in [5, 5.41) is 4.62. The van der Waals surface area contributed by atoms with Gasteiger partial charge < -0.3 is 19.4 Å². The number of fused-ring (bicyclic) bond motifs is 1. The van der Waals surface area contributed by atoms with Gasteiger partial charge in [0.2, 0.25) is 12.7 Å². The minimum absolute atomic E-state index is 0.188. The summed E-state index contributed by atoms with van der Waals surface area (Å²) in [6.45, 7) is 7.13. The van der Waals surface area contributed by atoms with Gasteiger partial charge in [-0.05, 0) is 41.3 Å². The first-order valence-corrected chi connectivity index (χ1v) is 11.3. The number of imide groups is 1. The van der Waals surface area contributed by atoms with E-state index in [0.29, 0.717) is 23.0 Å². The number of amides is 2. The molecule has 0 radical (unpaired) electrons. The smallest absolute Gasteiger partial charge is 0.259 e. The predicted molar refractivity (Wildman–Crippen MR) is 124 cm³/mol. The first kappa shape index (κ1) is 19.9. The molecule has 0 fully saturated rings. The molecule has 3 aliphatic heterocycles. The Kier molecular flexibility index (Phi) is 4.30. The molecule has 0 bridgehead atoms. The van der Waals surface area contributed by atoms with Crippen LogP contribution in [0.25, 0.3) is 10.9 Å². The van der Waals surface area contributed by atoms with E-state index in [9.17, 15) is 9.59 Å². The van der Waals surface area contributed by atoms with Crippen molar-refractivity contribution in [3.05, 3.63) is 65.0 Å². The van der Waals surface area contributed by atoms with E-state index in [1.807, 2.05) is 30.3 Å². The number of carbonyl (C=O) groups is 2. The summed E-state index contributed by atoms with van der Waals surface area (Å²) in [4.78, 5) is 27.1. The topological polar surface area (TPSA) is 72.8 Å². The van der Waals surface area contributed by atoms with Gasteiger partial charge in [-0.15, -0.1) is 0 Å². The van der Waals surface area contributed by atoms with Gasteiger partial charge in [0.05, 0.1) is 17.6 Å². The highest BCUT2D eigenvalue weighted by Crippen LogP contribution is 2.48. The minimum atomic E-state index is -0.335. The molecule has 7 heteroatoms. The van der Waals surface area contributed by atoms with Gasteiger partial charge in [-0.3, -0.25) is 14.5 Å². The molecule has 0 aliphatic carbocycles. The Bertz CT molecular complexity index is 1370. The van der Waals surface area contributed by atoms with E-state index >= 15 is 0 Å². The molecule has 1 atom stereocenters. The lowest BCUT2D eigenvalue weighted by Gasteiger charge is -2.19. The molecule has 0 saturated carbocycles. The Hall–Kier alpha value is -3.74.